The van der Waals surface area contributed by atoms with E-state index in [1.54, 1.807) is 6.07 Å². The highest BCUT2D eigenvalue weighted by Gasteiger charge is 1.98. The highest BCUT2D eigenvalue weighted by molar-refractivity contribution is 5.69. The highest BCUT2D eigenvalue weighted by Crippen LogP contribution is 2.14. The van der Waals surface area contributed by atoms with E-state index in [2.05, 4.69) is 13.0 Å². The SMILES string of the molecule is CCCc1c[c]cc(OC(C)=O)c1. The smallest absolute Gasteiger partial charge is 0.308 e. The van der Waals surface area contributed by atoms with Gasteiger partial charge < -0.3 is 4.74 Å². The molecule has 69 valence electrons. The van der Waals surface area contributed by atoms with Crippen molar-refractivity contribution in [2.24, 2.45) is 0 Å². The number of ether oxygens (including phenoxy) is 1. The largest absolute Gasteiger partial charge is 0.427 e. The summed E-state index contributed by atoms with van der Waals surface area (Å²) in [6.07, 6.45) is 2.07. The zero-order chi connectivity index (χ0) is 9.68. The summed E-state index contributed by atoms with van der Waals surface area (Å²) in [5, 5.41) is 0. The fourth-order valence-electron chi connectivity index (χ4n) is 1.15. The average Bonchev–Trinajstić information content (AvgIpc) is 2.04. The van der Waals surface area contributed by atoms with Gasteiger partial charge >= 0.3 is 5.97 Å². The van der Waals surface area contributed by atoms with Crippen LogP contribution in [0.5, 0.6) is 5.75 Å². The molecule has 13 heavy (non-hydrogen) atoms. The molecule has 0 spiro atoms. The van der Waals surface area contributed by atoms with Crippen molar-refractivity contribution < 1.29 is 9.53 Å². The third-order valence-corrected chi connectivity index (χ3v) is 1.62. The monoisotopic (exact) mass is 177 g/mol. The Morgan fingerprint density at radius 2 is 2.31 bits per heavy atom. The summed E-state index contributed by atoms with van der Waals surface area (Å²) in [4.78, 5) is 10.6. The van der Waals surface area contributed by atoms with Gasteiger partial charge in [0.15, 0.2) is 0 Å². The van der Waals surface area contributed by atoms with Crippen molar-refractivity contribution in [3.63, 3.8) is 0 Å². The van der Waals surface area contributed by atoms with Crippen LogP contribution in [-0.2, 0) is 11.2 Å². The molecule has 0 atom stereocenters. The summed E-state index contributed by atoms with van der Waals surface area (Å²) >= 11 is 0. The van der Waals surface area contributed by atoms with E-state index in [9.17, 15) is 4.79 Å². The fourth-order valence-corrected chi connectivity index (χ4v) is 1.15. The van der Waals surface area contributed by atoms with Crippen molar-refractivity contribution in [1.82, 2.24) is 0 Å². The van der Waals surface area contributed by atoms with E-state index < -0.39 is 0 Å². The first-order chi connectivity index (χ1) is 6.22. The number of carbonyl (C=O) groups is 1. The minimum Gasteiger partial charge on any atom is -0.427 e. The van der Waals surface area contributed by atoms with Crippen molar-refractivity contribution in [3.8, 4) is 5.75 Å². The maximum Gasteiger partial charge on any atom is 0.308 e. The molecule has 0 saturated heterocycles. The van der Waals surface area contributed by atoms with Gasteiger partial charge in [0, 0.05) is 6.92 Å². The molecule has 0 unspecified atom stereocenters. The molecule has 0 amide bonds. The number of aryl methyl sites for hydroxylation is 1. The third-order valence-electron chi connectivity index (χ3n) is 1.62. The summed E-state index contributed by atoms with van der Waals surface area (Å²) in [6, 6.07) is 8.40. The van der Waals surface area contributed by atoms with Crippen LogP contribution in [0, 0.1) is 6.07 Å². The lowest BCUT2D eigenvalue weighted by atomic mass is 10.1. The molecule has 0 aliphatic carbocycles. The first-order valence-electron chi connectivity index (χ1n) is 4.41. The molecule has 1 rings (SSSR count). The van der Waals surface area contributed by atoms with Gasteiger partial charge in [0.2, 0.25) is 0 Å². The first-order valence-corrected chi connectivity index (χ1v) is 4.41. The summed E-state index contributed by atoms with van der Waals surface area (Å²) in [7, 11) is 0. The minimum absolute atomic E-state index is 0.290. The second-order valence-electron chi connectivity index (χ2n) is 2.92. The Balaban J connectivity index is 2.73. The molecule has 0 aliphatic rings. The Hall–Kier alpha value is -1.31. The lowest BCUT2D eigenvalue weighted by Gasteiger charge is -2.02. The van der Waals surface area contributed by atoms with Crippen molar-refractivity contribution in [3.05, 3.63) is 29.8 Å². The van der Waals surface area contributed by atoms with E-state index in [1.165, 1.54) is 6.92 Å². The molecule has 0 saturated carbocycles. The molecular formula is C11H13O2. The van der Waals surface area contributed by atoms with Crippen LogP contribution in [-0.4, -0.2) is 5.97 Å². The van der Waals surface area contributed by atoms with Gasteiger partial charge in [-0.05, 0) is 30.2 Å². The van der Waals surface area contributed by atoms with Gasteiger partial charge in [-0.3, -0.25) is 4.79 Å². The molecule has 0 N–H and O–H groups in total. The minimum atomic E-state index is -0.290. The molecule has 1 aromatic rings. The van der Waals surface area contributed by atoms with Gasteiger partial charge in [-0.15, -0.1) is 0 Å². The lowest BCUT2D eigenvalue weighted by molar-refractivity contribution is -0.131. The highest BCUT2D eigenvalue weighted by atomic mass is 16.5. The van der Waals surface area contributed by atoms with Crippen LogP contribution in [0.3, 0.4) is 0 Å². The van der Waals surface area contributed by atoms with Crippen LogP contribution in [0.25, 0.3) is 0 Å². The van der Waals surface area contributed by atoms with E-state index in [0.717, 1.165) is 18.4 Å². The molecule has 0 aliphatic heterocycles. The van der Waals surface area contributed by atoms with Crippen LogP contribution in [0.1, 0.15) is 25.8 Å². The molecule has 2 heteroatoms. The van der Waals surface area contributed by atoms with Gasteiger partial charge in [-0.2, -0.15) is 0 Å². The zero-order valence-corrected chi connectivity index (χ0v) is 7.96. The van der Waals surface area contributed by atoms with Crippen molar-refractivity contribution in [1.29, 1.82) is 0 Å². The van der Waals surface area contributed by atoms with Crippen molar-refractivity contribution >= 4 is 5.97 Å². The van der Waals surface area contributed by atoms with Crippen LogP contribution >= 0.6 is 0 Å². The molecule has 0 heterocycles. The summed E-state index contributed by atoms with van der Waals surface area (Å²) in [5.74, 6) is 0.292. The molecule has 2 nitrogen and oxygen atoms in total. The Kier molecular flexibility index (Phi) is 3.50. The predicted octanol–water partition coefficient (Wildman–Crippen LogP) is 2.36. The average molecular weight is 177 g/mol. The normalized spacial score (nSPS) is 9.69. The first kappa shape index (κ1) is 9.78. The Morgan fingerprint density at radius 1 is 1.54 bits per heavy atom. The number of esters is 1. The predicted molar refractivity (Wildman–Crippen MR) is 50.6 cm³/mol. The summed E-state index contributed by atoms with van der Waals surface area (Å²) in [5.41, 5.74) is 1.15. The van der Waals surface area contributed by atoms with Crippen LogP contribution in [0.4, 0.5) is 0 Å². The van der Waals surface area contributed by atoms with E-state index in [-0.39, 0.29) is 5.97 Å². The van der Waals surface area contributed by atoms with Crippen molar-refractivity contribution in [2.45, 2.75) is 26.7 Å². The molecule has 0 fully saturated rings. The molecule has 0 bridgehead atoms. The van der Waals surface area contributed by atoms with Crippen molar-refractivity contribution in [2.75, 3.05) is 0 Å². The van der Waals surface area contributed by atoms with E-state index in [1.807, 2.05) is 12.1 Å². The van der Waals surface area contributed by atoms with Gasteiger partial charge in [0.25, 0.3) is 0 Å². The number of benzene rings is 1. The second-order valence-corrected chi connectivity index (χ2v) is 2.92. The number of hydrogen-bond acceptors (Lipinski definition) is 2. The maximum atomic E-state index is 10.6. The second kappa shape index (κ2) is 4.65. The molecule has 1 aromatic carbocycles. The van der Waals surface area contributed by atoms with Crippen LogP contribution in [0.2, 0.25) is 0 Å². The molecule has 0 aromatic heterocycles. The Labute approximate surface area is 78.5 Å². The summed E-state index contributed by atoms with van der Waals surface area (Å²) < 4.78 is 4.93. The zero-order valence-electron chi connectivity index (χ0n) is 7.96. The van der Waals surface area contributed by atoms with Gasteiger partial charge in [0.1, 0.15) is 5.75 Å². The van der Waals surface area contributed by atoms with E-state index in [0.29, 0.717) is 5.75 Å². The number of rotatable bonds is 3. The van der Waals surface area contributed by atoms with Gasteiger partial charge in [0.05, 0.1) is 0 Å². The maximum absolute atomic E-state index is 10.6. The number of hydrogen-bond donors (Lipinski definition) is 0. The quantitative estimate of drug-likeness (QED) is 0.523. The van der Waals surface area contributed by atoms with Gasteiger partial charge in [-0.1, -0.05) is 19.4 Å². The van der Waals surface area contributed by atoms with Gasteiger partial charge in [-0.25, -0.2) is 0 Å². The standard InChI is InChI=1S/C11H13O2/c1-3-5-10-6-4-7-11(8-10)13-9(2)12/h6-8H,3,5H2,1-2H3. The van der Waals surface area contributed by atoms with E-state index >= 15 is 0 Å². The summed E-state index contributed by atoms with van der Waals surface area (Å²) in [6.45, 7) is 3.50. The fraction of sp³-hybridized carbons (Fsp3) is 0.364. The number of carbonyl (C=O) groups excluding carboxylic acids is 1. The Morgan fingerprint density at radius 3 is 2.92 bits per heavy atom. The van der Waals surface area contributed by atoms with E-state index in [4.69, 9.17) is 4.74 Å². The lowest BCUT2D eigenvalue weighted by Crippen LogP contribution is -2.01. The van der Waals surface area contributed by atoms with Crippen LogP contribution < -0.4 is 4.74 Å². The third kappa shape index (κ3) is 3.28. The Bertz CT molecular complexity index is 292. The molecule has 1 radical (unpaired) electrons. The van der Waals surface area contributed by atoms with Crippen LogP contribution in [0.15, 0.2) is 18.2 Å². The topological polar surface area (TPSA) is 26.3 Å². The molecular weight excluding hydrogens is 164 g/mol.